The molecule has 1 heterocycles. The summed E-state index contributed by atoms with van der Waals surface area (Å²) in [6.45, 7) is 3.62. The minimum absolute atomic E-state index is 0.0531. The zero-order valence-corrected chi connectivity index (χ0v) is 23.9. The smallest absolute Gasteiger partial charge is 0.374 e. The van der Waals surface area contributed by atoms with E-state index in [0.29, 0.717) is 11.1 Å². The molecule has 0 spiro atoms. The Hall–Kier alpha value is -1.97. The van der Waals surface area contributed by atoms with Crippen molar-refractivity contribution in [3.05, 3.63) is 97.4 Å². The van der Waals surface area contributed by atoms with Crippen LogP contribution in [0.25, 0.3) is 0 Å². The quantitative estimate of drug-likeness (QED) is 0.275. The maximum atomic E-state index is 14.2. The molecule has 0 amide bonds. The van der Waals surface area contributed by atoms with Crippen LogP contribution in [0.2, 0.25) is 20.1 Å². The SMILES string of the molecule is CC(C)S(=O)(=NCc1ccc(C2=NOC(c3cc(Cl)cc(Cl)c3)(C(F)(F)F)C2)cc1)c1c(Cl)cccc1Cl. The predicted octanol–water partition coefficient (Wildman–Crippen LogP) is 9.32. The number of hydrogen-bond acceptors (Lipinski definition) is 4. The Morgan fingerprint density at radius 2 is 1.58 bits per heavy atom. The van der Waals surface area contributed by atoms with E-state index in [1.165, 1.54) is 18.2 Å². The van der Waals surface area contributed by atoms with Crippen molar-refractivity contribution in [3.8, 4) is 0 Å². The van der Waals surface area contributed by atoms with E-state index in [9.17, 15) is 17.4 Å². The van der Waals surface area contributed by atoms with Gasteiger partial charge in [0.05, 0.1) is 36.9 Å². The lowest BCUT2D eigenvalue weighted by atomic mass is 9.86. The lowest BCUT2D eigenvalue weighted by Gasteiger charge is -2.29. The number of halogens is 7. The zero-order valence-electron chi connectivity index (χ0n) is 20.0. The van der Waals surface area contributed by atoms with Crippen molar-refractivity contribution >= 4 is 61.8 Å². The molecule has 4 nitrogen and oxygen atoms in total. The number of nitrogens with zero attached hydrogens (tertiary/aromatic N) is 2. The van der Waals surface area contributed by atoms with Gasteiger partial charge in [-0.2, -0.15) is 13.2 Å². The second kappa shape index (κ2) is 10.9. The van der Waals surface area contributed by atoms with Crippen LogP contribution in [0.15, 0.2) is 75.1 Å². The predicted molar refractivity (Wildman–Crippen MR) is 147 cm³/mol. The van der Waals surface area contributed by atoms with Crippen molar-refractivity contribution in [1.29, 1.82) is 0 Å². The van der Waals surface area contributed by atoms with E-state index < -0.39 is 27.9 Å². The lowest BCUT2D eigenvalue weighted by Crippen LogP contribution is -2.42. The van der Waals surface area contributed by atoms with E-state index in [1.807, 2.05) is 0 Å². The number of rotatable bonds is 6. The van der Waals surface area contributed by atoms with Gasteiger partial charge in [0.15, 0.2) is 0 Å². The van der Waals surface area contributed by atoms with Gasteiger partial charge < -0.3 is 4.84 Å². The standard InChI is InChI=1S/C26H21Cl4F3N2O2S/c1-15(2)38(36,24-21(29)4-3-5-22(24)30)34-14-16-6-8-17(9-7-16)23-13-25(37-35-23,26(31,32)33)18-10-19(27)12-20(28)11-18/h3-12,15H,13-14H2,1-2H3. The van der Waals surface area contributed by atoms with Crippen LogP contribution in [0.3, 0.4) is 0 Å². The summed E-state index contributed by atoms with van der Waals surface area (Å²) in [5.74, 6) is 0. The monoisotopic (exact) mass is 622 g/mol. The van der Waals surface area contributed by atoms with Crippen molar-refractivity contribution in [2.24, 2.45) is 9.52 Å². The van der Waals surface area contributed by atoms with Crippen molar-refractivity contribution in [3.63, 3.8) is 0 Å². The summed E-state index contributed by atoms with van der Waals surface area (Å²) in [7, 11) is -2.97. The molecular weight excluding hydrogens is 603 g/mol. The second-order valence-corrected chi connectivity index (χ2v) is 13.4. The average Bonchev–Trinajstić information content (AvgIpc) is 3.29. The Morgan fingerprint density at radius 3 is 2.11 bits per heavy atom. The fourth-order valence-electron chi connectivity index (χ4n) is 4.03. The van der Waals surface area contributed by atoms with Crippen LogP contribution in [0.1, 0.15) is 37.0 Å². The normalized spacial score (nSPS) is 19.2. The number of oxime groups is 1. The van der Waals surface area contributed by atoms with E-state index in [1.54, 1.807) is 56.3 Å². The van der Waals surface area contributed by atoms with Gasteiger partial charge in [0, 0.05) is 27.3 Å². The van der Waals surface area contributed by atoms with E-state index in [-0.39, 0.29) is 48.1 Å². The molecule has 0 aliphatic carbocycles. The highest BCUT2D eigenvalue weighted by atomic mass is 35.5. The first-order valence-electron chi connectivity index (χ1n) is 11.3. The first kappa shape index (κ1) is 29.0. The molecule has 0 saturated carbocycles. The van der Waals surface area contributed by atoms with E-state index >= 15 is 0 Å². The van der Waals surface area contributed by atoms with Gasteiger partial charge in [-0.15, -0.1) is 0 Å². The molecule has 2 unspecified atom stereocenters. The second-order valence-electron chi connectivity index (χ2n) is 8.94. The minimum Gasteiger partial charge on any atom is -0.374 e. The molecule has 1 aliphatic rings. The summed E-state index contributed by atoms with van der Waals surface area (Å²) in [6, 6.07) is 15.2. The largest absolute Gasteiger partial charge is 0.435 e. The molecule has 38 heavy (non-hydrogen) atoms. The van der Waals surface area contributed by atoms with Crippen LogP contribution in [0.4, 0.5) is 13.2 Å². The summed E-state index contributed by atoms with van der Waals surface area (Å²) in [4.78, 5) is 5.34. The summed E-state index contributed by atoms with van der Waals surface area (Å²) >= 11 is 24.5. The minimum atomic E-state index is -4.79. The van der Waals surface area contributed by atoms with Gasteiger partial charge in [-0.1, -0.05) is 81.9 Å². The molecule has 2 atom stereocenters. The highest BCUT2D eigenvalue weighted by molar-refractivity contribution is 7.94. The maximum Gasteiger partial charge on any atom is 0.435 e. The molecule has 3 aromatic carbocycles. The molecule has 0 saturated heterocycles. The van der Waals surface area contributed by atoms with Crippen molar-refractivity contribution in [2.45, 2.75) is 48.7 Å². The van der Waals surface area contributed by atoms with Crippen LogP contribution in [-0.4, -0.2) is 21.3 Å². The molecule has 3 aromatic rings. The first-order chi connectivity index (χ1) is 17.8. The first-order valence-corrected chi connectivity index (χ1v) is 14.4. The maximum absolute atomic E-state index is 14.2. The Balaban J connectivity index is 1.61. The molecule has 202 valence electrons. The Kier molecular flexibility index (Phi) is 8.32. The van der Waals surface area contributed by atoms with E-state index in [2.05, 4.69) is 9.52 Å². The summed E-state index contributed by atoms with van der Waals surface area (Å²) < 4.78 is 61.1. The molecular formula is C26H21Cl4F3N2O2S. The molecule has 0 N–H and O–H groups in total. The molecule has 4 rings (SSSR count). The number of alkyl halides is 3. The molecule has 0 bridgehead atoms. The Labute approximate surface area is 238 Å². The summed E-state index contributed by atoms with van der Waals surface area (Å²) in [6.07, 6.45) is -5.36. The molecule has 12 heteroatoms. The highest BCUT2D eigenvalue weighted by Gasteiger charge is 2.62. The van der Waals surface area contributed by atoms with Crippen LogP contribution in [0, 0.1) is 0 Å². The third-order valence-corrected chi connectivity index (χ3v) is 10.2. The zero-order chi connectivity index (χ0) is 27.9. The van der Waals surface area contributed by atoms with Crippen LogP contribution < -0.4 is 0 Å². The van der Waals surface area contributed by atoms with Gasteiger partial charge in [-0.3, -0.25) is 0 Å². The topological polar surface area (TPSA) is 51.0 Å². The van der Waals surface area contributed by atoms with Crippen molar-refractivity contribution < 1.29 is 22.2 Å². The van der Waals surface area contributed by atoms with Crippen LogP contribution in [0.5, 0.6) is 0 Å². The van der Waals surface area contributed by atoms with Crippen molar-refractivity contribution in [2.75, 3.05) is 0 Å². The molecule has 0 aromatic heterocycles. The van der Waals surface area contributed by atoms with Gasteiger partial charge in [0.1, 0.15) is 0 Å². The van der Waals surface area contributed by atoms with Crippen LogP contribution >= 0.6 is 46.4 Å². The van der Waals surface area contributed by atoms with Gasteiger partial charge >= 0.3 is 6.18 Å². The molecule has 0 fully saturated rings. The van der Waals surface area contributed by atoms with Gasteiger partial charge in [0.2, 0.25) is 0 Å². The molecule has 1 aliphatic heterocycles. The van der Waals surface area contributed by atoms with Crippen molar-refractivity contribution in [1.82, 2.24) is 0 Å². The highest BCUT2D eigenvalue weighted by Crippen LogP contribution is 2.49. The van der Waals surface area contributed by atoms with E-state index in [4.69, 9.17) is 51.2 Å². The number of benzene rings is 3. The third kappa shape index (κ3) is 5.52. The third-order valence-electron chi connectivity index (χ3n) is 6.09. The van der Waals surface area contributed by atoms with Gasteiger partial charge in [-0.05, 0) is 55.3 Å². The van der Waals surface area contributed by atoms with Gasteiger partial charge in [0.25, 0.3) is 5.60 Å². The molecule has 0 radical (unpaired) electrons. The van der Waals surface area contributed by atoms with E-state index in [0.717, 1.165) is 0 Å². The fraction of sp³-hybridized carbons (Fsp3) is 0.269. The fourth-order valence-corrected chi connectivity index (χ4v) is 7.55. The van der Waals surface area contributed by atoms with Gasteiger partial charge in [-0.25, -0.2) is 8.57 Å². The summed E-state index contributed by atoms with van der Waals surface area (Å²) in [5.41, 5.74) is -1.73. The average molecular weight is 624 g/mol. The Morgan fingerprint density at radius 1 is 1.00 bits per heavy atom. The lowest BCUT2D eigenvalue weighted by molar-refractivity contribution is -0.275. The Bertz CT molecular complexity index is 1480. The summed E-state index contributed by atoms with van der Waals surface area (Å²) in [5, 5.41) is 4.04. The van der Waals surface area contributed by atoms with Crippen LogP contribution in [-0.2, 0) is 26.7 Å². The number of hydrogen-bond donors (Lipinski definition) is 0.